The molecule has 396 valence electrons. The number of carbonyl (C=O) groups excluding carboxylic acids is 3. The van der Waals surface area contributed by atoms with Crippen molar-refractivity contribution in [3.8, 4) is 34.5 Å². The molecule has 3 atom stereocenters. The first-order valence-electron chi connectivity index (χ1n) is 23.1. The van der Waals surface area contributed by atoms with Gasteiger partial charge in [-0.15, -0.1) is 0 Å². The number of hydrogen-bond donors (Lipinski definition) is 6. The summed E-state index contributed by atoms with van der Waals surface area (Å²) in [4.78, 5) is 60.2. The average molecular weight is 1010 g/mol. The average Bonchev–Trinajstić information content (AvgIpc) is 4.08. The molecule has 24 nitrogen and oxygen atoms in total. The highest BCUT2D eigenvalue weighted by molar-refractivity contribution is 6.06. The molecule has 0 saturated carbocycles. The van der Waals surface area contributed by atoms with E-state index >= 15 is 0 Å². The molecule has 72 heavy (non-hydrogen) atoms. The van der Waals surface area contributed by atoms with Crippen molar-refractivity contribution < 1.29 is 72.3 Å². The number of aromatic nitrogens is 3. The van der Waals surface area contributed by atoms with Crippen LogP contribution in [0.25, 0.3) is 0 Å². The minimum atomic E-state index is -0.752. The van der Waals surface area contributed by atoms with Crippen LogP contribution in [0, 0.1) is 0 Å². The highest BCUT2D eigenvalue weighted by Gasteiger charge is 2.38. The lowest BCUT2D eigenvalue weighted by Gasteiger charge is -2.21. The number of aromatic hydroxyl groups is 3. The van der Waals surface area contributed by atoms with Gasteiger partial charge in [0.25, 0.3) is 0 Å². The van der Waals surface area contributed by atoms with Crippen molar-refractivity contribution in [3.05, 3.63) is 53.9 Å². The third-order valence-electron chi connectivity index (χ3n) is 11.2. The lowest BCUT2D eigenvalue weighted by atomic mass is 9.99. The number of ether oxygens (including phenoxy) is 9. The Hall–Kier alpha value is -6.57. The summed E-state index contributed by atoms with van der Waals surface area (Å²) >= 11 is 0. The number of carbonyl (C=O) groups is 3. The summed E-state index contributed by atoms with van der Waals surface area (Å²) in [6, 6.07) is 4.39. The molecular weight excluding hydrogens is 943 g/mol. The number of pyridine rings is 3. The molecular formula is C48H69N9O15. The second-order valence-electron chi connectivity index (χ2n) is 17.0. The summed E-state index contributed by atoms with van der Waals surface area (Å²) in [6.07, 6.45) is 4.49. The molecule has 6 N–H and O–H groups in total. The van der Waals surface area contributed by atoms with Gasteiger partial charge in [-0.3, -0.25) is 29.4 Å². The number of Topliss-reactive ketones (excluding diaryl/α,β-unsaturated/α-hetero) is 3. The first-order chi connectivity index (χ1) is 34.4. The zero-order valence-corrected chi connectivity index (χ0v) is 42.5. The van der Waals surface area contributed by atoms with E-state index in [2.05, 4.69) is 45.9 Å². The topological polar surface area (TPSA) is 307 Å². The molecule has 3 aliphatic heterocycles. The number of nitrogens with one attached hydrogen (secondary N) is 3. The van der Waals surface area contributed by atoms with Crippen molar-refractivity contribution in [1.82, 2.24) is 30.9 Å². The number of methoxy groups -OCH3 is 3. The van der Waals surface area contributed by atoms with Crippen LogP contribution in [0.2, 0.25) is 0 Å². The molecule has 0 aliphatic carbocycles. The van der Waals surface area contributed by atoms with Gasteiger partial charge in [0.05, 0.1) is 97.7 Å². The molecule has 0 amide bonds. The lowest BCUT2D eigenvalue weighted by Crippen LogP contribution is -2.49. The van der Waals surface area contributed by atoms with Gasteiger partial charge in [-0.1, -0.05) is 0 Å². The molecule has 0 radical (unpaired) electrons. The van der Waals surface area contributed by atoms with Gasteiger partial charge >= 0.3 is 0 Å². The van der Waals surface area contributed by atoms with Crippen LogP contribution in [0.1, 0.15) is 58.6 Å². The van der Waals surface area contributed by atoms with Crippen LogP contribution in [0.4, 0.5) is 0 Å². The van der Waals surface area contributed by atoms with Crippen molar-refractivity contribution in [2.24, 2.45) is 15.0 Å². The smallest absolute Gasteiger partial charge is 0.156 e. The lowest BCUT2D eigenvalue weighted by molar-refractivity contribution is -0.122. The highest BCUT2D eigenvalue weighted by Crippen LogP contribution is 2.27. The molecule has 3 aliphatic rings. The van der Waals surface area contributed by atoms with Crippen LogP contribution >= 0.6 is 0 Å². The van der Waals surface area contributed by atoms with Crippen molar-refractivity contribution in [2.75, 3.05) is 120 Å². The predicted molar refractivity (Wildman–Crippen MR) is 263 cm³/mol. The molecule has 0 saturated heterocycles. The van der Waals surface area contributed by atoms with Gasteiger partial charge in [0.1, 0.15) is 88.0 Å². The van der Waals surface area contributed by atoms with E-state index in [-0.39, 0.29) is 34.6 Å². The third-order valence-corrected chi connectivity index (χ3v) is 11.2. The van der Waals surface area contributed by atoms with Crippen LogP contribution in [-0.2, 0) is 42.8 Å². The van der Waals surface area contributed by atoms with Gasteiger partial charge in [0.2, 0.25) is 0 Å². The largest absolute Gasteiger partial charge is 0.505 e. The van der Waals surface area contributed by atoms with E-state index in [0.717, 1.165) is 0 Å². The number of ketones is 3. The third kappa shape index (κ3) is 17.3. The Morgan fingerprint density at radius 1 is 0.458 bits per heavy atom. The van der Waals surface area contributed by atoms with Gasteiger partial charge in [-0.2, -0.15) is 0 Å². The van der Waals surface area contributed by atoms with Gasteiger partial charge < -0.3 is 73.9 Å². The Bertz CT molecular complexity index is 2110. The molecule has 0 fully saturated rings. The number of hydrogen-bond acceptors (Lipinski definition) is 24. The molecule has 3 aromatic rings. The van der Waals surface area contributed by atoms with Crippen molar-refractivity contribution >= 4 is 34.9 Å². The van der Waals surface area contributed by atoms with Crippen LogP contribution < -0.4 is 30.2 Å². The normalized spacial score (nSPS) is 19.7. The Kier molecular flexibility index (Phi) is 22.9. The molecule has 0 bridgehead atoms. The summed E-state index contributed by atoms with van der Waals surface area (Å²) in [7, 11) is 4.83. The van der Waals surface area contributed by atoms with Crippen molar-refractivity contribution in [3.63, 3.8) is 0 Å². The summed E-state index contributed by atoms with van der Waals surface area (Å²) in [5.74, 6) is 2.25. The fourth-order valence-corrected chi connectivity index (χ4v) is 6.21. The van der Waals surface area contributed by atoms with Gasteiger partial charge in [0, 0.05) is 39.5 Å². The van der Waals surface area contributed by atoms with E-state index in [4.69, 9.17) is 42.6 Å². The molecule has 3 aromatic heterocycles. The Morgan fingerprint density at radius 3 is 0.917 bits per heavy atom. The van der Waals surface area contributed by atoms with E-state index in [0.29, 0.717) is 151 Å². The van der Waals surface area contributed by atoms with Crippen LogP contribution in [0.5, 0.6) is 34.5 Å². The van der Waals surface area contributed by atoms with Gasteiger partial charge in [-0.05, 0) is 41.5 Å². The fourth-order valence-electron chi connectivity index (χ4n) is 6.21. The Balaban J connectivity index is 0.000000234. The number of amidine groups is 3. The van der Waals surface area contributed by atoms with E-state index in [9.17, 15) is 29.7 Å². The molecule has 0 spiro atoms. The summed E-state index contributed by atoms with van der Waals surface area (Å²) in [5, 5.41) is 39.5. The first kappa shape index (κ1) is 58.0. The predicted octanol–water partition coefficient (Wildman–Crippen LogP) is 1.58. The number of nitrogens with zero attached hydrogens (tertiary/aromatic N) is 6. The zero-order chi connectivity index (χ0) is 52.7. The molecule has 24 heteroatoms. The maximum absolute atomic E-state index is 11.6. The molecule has 3 unspecified atom stereocenters. The Morgan fingerprint density at radius 2 is 0.708 bits per heavy atom. The van der Waals surface area contributed by atoms with Crippen LogP contribution in [-0.4, -0.2) is 202 Å². The minimum absolute atomic E-state index is 0.0193. The quantitative estimate of drug-likeness (QED) is 0.0591. The summed E-state index contributed by atoms with van der Waals surface area (Å²) in [5.41, 5.74) is -1.37. The number of rotatable bonds is 27. The van der Waals surface area contributed by atoms with E-state index < -0.39 is 16.6 Å². The fraction of sp³-hybridized carbons (Fsp3) is 0.562. The monoisotopic (exact) mass is 1010 g/mol. The van der Waals surface area contributed by atoms with Crippen molar-refractivity contribution in [2.45, 2.75) is 58.2 Å². The van der Waals surface area contributed by atoms with E-state index in [1.807, 2.05) is 0 Å². The SMILES string of the molecule is COCCOCCOc1cnc(C2=NCC(C)(C(C)=O)N2)c(O)c1.COCCOCCOc1cnc(C2=NCC(C)(C(C)=O)N2)c(O)c1.COCCOCCOc1cnc(C2=NCC(C)(C(C)=O)N2)c(O)c1. The first-order valence-corrected chi connectivity index (χ1v) is 23.1. The zero-order valence-electron chi connectivity index (χ0n) is 42.5. The minimum Gasteiger partial charge on any atom is -0.505 e. The van der Waals surface area contributed by atoms with Gasteiger partial charge in [-0.25, -0.2) is 15.0 Å². The summed E-state index contributed by atoms with van der Waals surface area (Å²) < 4.78 is 46.8. The van der Waals surface area contributed by atoms with E-state index in [1.165, 1.54) is 57.6 Å². The second-order valence-corrected chi connectivity index (χ2v) is 17.0. The second kappa shape index (κ2) is 28.5. The van der Waals surface area contributed by atoms with E-state index in [1.54, 1.807) is 42.1 Å². The summed E-state index contributed by atoms with van der Waals surface area (Å²) in [6.45, 7) is 16.1. The highest BCUT2D eigenvalue weighted by atomic mass is 16.6. The molecule has 6 rings (SSSR count). The van der Waals surface area contributed by atoms with Crippen molar-refractivity contribution in [1.29, 1.82) is 0 Å². The maximum Gasteiger partial charge on any atom is 0.156 e. The number of aliphatic imine (C=N–C) groups is 3. The Labute approximate surface area is 418 Å². The standard InChI is InChI=1S/3C16H23N3O5/c3*1-11(20)16(2)10-18-15(19-16)14-13(21)8-12(9-17-14)24-7-6-23-5-4-22-3/h3*8-9,21H,4-7,10H2,1-3H3,(H,18,19). The maximum atomic E-state index is 11.6. The van der Waals surface area contributed by atoms with Gasteiger partial charge in [0.15, 0.2) is 34.9 Å². The molecule has 6 heterocycles. The van der Waals surface area contributed by atoms with Crippen LogP contribution in [0.3, 0.4) is 0 Å². The van der Waals surface area contributed by atoms with Crippen LogP contribution in [0.15, 0.2) is 51.8 Å². The molecule has 0 aromatic carbocycles.